The van der Waals surface area contributed by atoms with Gasteiger partial charge < -0.3 is 35.8 Å². The molecule has 57 heavy (non-hydrogen) atoms. The maximum atomic E-state index is 14.9. The number of benzene rings is 1. The van der Waals surface area contributed by atoms with Gasteiger partial charge in [0.25, 0.3) is 5.91 Å². The first kappa shape index (κ1) is 43.5. The van der Waals surface area contributed by atoms with Gasteiger partial charge in [-0.3, -0.25) is 28.8 Å². The highest BCUT2D eigenvalue weighted by molar-refractivity contribution is 6.38. The van der Waals surface area contributed by atoms with E-state index in [9.17, 15) is 42.3 Å². The van der Waals surface area contributed by atoms with Gasteiger partial charge in [0.1, 0.15) is 23.7 Å². The van der Waals surface area contributed by atoms with E-state index in [0.717, 1.165) is 38.5 Å². The SMILES string of the molecule is CN(C)C(=O)[C@@H](NC(=O)CNC(=O)C(=O)[C@@H](CC1CCC1)NC(=O)[C@@H]1[C@H]2CC(F)(F)C[C@H]2CN1C(=O)[C@@H](NC(=O)OC(C)(C)C)C1CCCCC1)c1ccccc1. The van der Waals surface area contributed by atoms with Crippen molar-refractivity contribution in [3.63, 3.8) is 0 Å². The highest BCUT2D eigenvalue weighted by Crippen LogP contribution is 2.50. The molecule has 16 heteroatoms. The maximum Gasteiger partial charge on any atom is 0.408 e. The Labute approximate surface area is 332 Å². The van der Waals surface area contributed by atoms with Crippen LogP contribution < -0.4 is 21.3 Å². The van der Waals surface area contributed by atoms with E-state index in [0.29, 0.717) is 18.4 Å². The molecule has 3 saturated carbocycles. The molecular formula is C41H58F2N6O8. The number of alkyl halides is 2. The van der Waals surface area contributed by atoms with E-state index in [1.807, 2.05) is 0 Å². The summed E-state index contributed by atoms with van der Waals surface area (Å²) in [4.78, 5) is 97.4. The number of carbonyl (C=O) groups is 7. The number of rotatable bonds is 14. The molecule has 14 nitrogen and oxygen atoms in total. The minimum atomic E-state index is -3.06. The molecule has 4 fully saturated rings. The number of hydrogen-bond donors (Lipinski definition) is 4. The first-order chi connectivity index (χ1) is 26.8. The highest BCUT2D eigenvalue weighted by atomic mass is 19.3. The van der Waals surface area contributed by atoms with Crippen molar-refractivity contribution in [3.05, 3.63) is 35.9 Å². The lowest BCUT2D eigenvalue weighted by atomic mass is 9.80. The quantitative estimate of drug-likeness (QED) is 0.206. The van der Waals surface area contributed by atoms with Crippen molar-refractivity contribution in [2.24, 2.45) is 23.7 Å². The molecule has 0 bridgehead atoms. The zero-order chi connectivity index (χ0) is 41.7. The fourth-order valence-corrected chi connectivity index (χ4v) is 8.68. The number of likely N-dealkylation sites (N-methyl/N-ethyl adjacent to an activating group) is 1. The van der Waals surface area contributed by atoms with Crippen LogP contribution in [0, 0.1) is 23.7 Å². The van der Waals surface area contributed by atoms with Gasteiger partial charge in [-0.25, -0.2) is 13.6 Å². The second-order valence-electron chi connectivity index (χ2n) is 17.4. The molecule has 1 heterocycles. The first-order valence-electron chi connectivity index (χ1n) is 20.2. The fourth-order valence-electron chi connectivity index (χ4n) is 8.68. The summed E-state index contributed by atoms with van der Waals surface area (Å²) >= 11 is 0. The molecule has 4 aliphatic rings. The molecule has 6 amide bonds. The van der Waals surface area contributed by atoms with Crippen molar-refractivity contribution in [1.82, 2.24) is 31.1 Å². The Hall–Kier alpha value is -4.63. The van der Waals surface area contributed by atoms with Crippen LogP contribution in [0.4, 0.5) is 13.6 Å². The zero-order valence-corrected chi connectivity index (χ0v) is 33.6. The van der Waals surface area contributed by atoms with Crippen molar-refractivity contribution >= 4 is 41.4 Å². The number of likely N-dealkylation sites (tertiary alicyclic amines) is 1. The predicted molar refractivity (Wildman–Crippen MR) is 204 cm³/mol. The number of alkyl carbamates (subject to hydrolysis) is 1. The lowest BCUT2D eigenvalue weighted by molar-refractivity contribution is -0.145. The lowest BCUT2D eigenvalue weighted by Crippen LogP contribution is -2.59. The van der Waals surface area contributed by atoms with Gasteiger partial charge >= 0.3 is 6.09 Å². The Morgan fingerprint density at radius 3 is 2.16 bits per heavy atom. The van der Waals surface area contributed by atoms with E-state index in [4.69, 9.17) is 4.74 Å². The number of amides is 6. The van der Waals surface area contributed by atoms with E-state index in [2.05, 4.69) is 21.3 Å². The van der Waals surface area contributed by atoms with Crippen LogP contribution in [0.25, 0.3) is 0 Å². The summed E-state index contributed by atoms with van der Waals surface area (Å²) in [5.74, 6) is -9.64. The third-order valence-corrected chi connectivity index (χ3v) is 11.7. The van der Waals surface area contributed by atoms with Gasteiger partial charge in [0.05, 0.1) is 12.6 Å². The van der Waals surface area contributed by atoms with Crippen LogP contribution in [0.15, 0.2) is 30.3 Å². The van der Waals surface area contributed by atoms with Crippen LogP contribution >= 0.6 is 0 Å². The van der Waals surface area contributed by atoms with Crippen molar-refractivity contribution in [3.8, 4) is 0 Å². The average molecular weight is 801 g/mol. The van der Waals surface area contributed by atoms with Crippen LogP contribution in [0.1, 0.15) is 103 Å². The van der Waals surface area contributed by atoms with E-state index >= 15 is 0 Å². The molecule has 0 spiro atoms. The average Bonchev–Trinajstić information content (AvgIpc) is 3.63. The molecule has 3 aliphatic carbocycles. The summed E-state index contributed by atoms with van der Waals surface area (Å²) in [6, 6.07) is 3.68. The number of fused-ring (bicyclic) bond motifs is 1. The predicted octanol–water partition coefficient (Wildman–Crippen LogP) is 3.64. The second kappa shape index (κ2) is 18.3. The van der Waals surface area contributed by atoms with Crippen LogP contribution in [-0.2, 0) is 33.5 Å². The Bertz CT molecular complexity index is 1660. The van der Waals surface area contributed by atoms with Gasteiger partial charge in [-0.05, 0) is 69.3 Å². The molecule has 0 unspecified atom stereocenters. The van der Waals surface area contributed by atoms with Crippen molar-refractivity contribution in [2.75, 3.05) is 27.2 Å². The van der Waals surface area contributed by atoms with Crippen LogP contribution in [0.3, 0.4) is 0 Å². The number of carbonyl (C=O) groups excluding carboxylic acids is 7. The standard InChI is InChI=1S/C41H58F2N6O8/c1-40(2,3)57-39(56)47-32(26-17-10-7-11-18-26)38(55)49-23-27-20-41(42,43)21-28(27)33(49)35(52)45-29(19-24-13-12-14-24)34(51)36(53)44-22-30(50)46-31(37(54)48(4)5)25-15-8-6-9-16-25/h6,8-9,15-16,24,26-29,31-33H,7,10-14,17-23H2,1-5H3,(H,44,53)(H,45,52)(H,46,50)(H,47,56)/t27-,28-,29+,31-,32-,33-/m0/s1. The minimum absolute atomic E-state index is 0.0117. The van der Waals surface area contributed by atoms with E-state index in [1.165, 1.54) is 23.9 Å². The van der Waals surface area contributed by atoms with Crippen molar-refractivity contribution in [1.29, 1.82) is 0 Å². The lowest BCUT2D eigenvalue weighted by Gasteiger charge is -2.36. The molecule has 5 rings (SSSR count). The molecule has 1 aromatic carbocycles. The van der Waals surface area contributed by atoms with Crippen LogP contribution in [0.5, 0.6) is 0 Å². The number of ketones is 1. The van der Waals surface area contributed by atoms with Crippen molar-refractivity contribution in [2.45, 2.75) is 127 Å². The normalized spacial score (nSPS) is 23.5. The topological polar surface area (TPSA) is 183 Å². The Morgan fingerprint density at radius 2 is 1.56 bits per heavy atom. The zero-order valence-electron chi connectivity index (χ0n) is 33.6. The monoisotopic (exact) mass is 800 g/mol. The number of ether oxygens (including phenoxy) is 1. The summed E-state index contributed by atoms with van der Waals surface area (Å²) in [7, 11) is 3.08. The maximum absolute atomic E-state index is 14.9. The molecule has 4 N–H and O–H groups in total. The Morgan fingerprint density at radius 1 is 0.895 bits per heavy atom. The summed E-state index contributed by atoms with van der Waals surface area (Å²) in [6.07, 6.45) is 4.50. The van der Waals surface area contributed by atoms with Gasteiger partial charge in [-0.2, -0.15) is 0 Å². The van der Waals surface area contributed by atoms with Gasteiger partial charge in [-0.15, -0.1) is 0 Å². The van der Waals surface area contributed by atoms with Gasteiger partial charge in [-0.1, -0.05) is 68.9 Å². The second-order valence-corrected chi connectivity index (χ2v) is 17.4. The molecule has 1 aromatic rings. The van der Waals surface area contributed by atoms with E-state index < -0.39 is 108 Å². The third kappa shape index (κ3) is 11.3. The van der Waals surface area contributed by atoms with Crippen molar-refractivity contribution < 1.29 is 47.1 Å². The third-order valence-electron chi connectivity index (χ3n) is 11.7. The molecule has 6 atom stereocenters. The number of nitrogens with one attached hydrogen (secondary N) is 4. The molecular weight excluding hydrogens is 742 g/mol. The Balaban J connectivity index is 1.32. The number of nitrogens with zero attached hydrogens (tertiary/aromatic N) is 2. The Kier molecular flexibility index (Phi) is 14.0. The summed E-state index contributed by atoms with van der Waals surface area (Å²) in [5, 5.41) is 10.3. The molecule has 1 aliphatic heterocycles. The summed E-state index contributed by atoms with van der Waals surface area (Å²) < 4.78 is 35.2. The van der Waals surface area contributed by atoms with Gasteiger partial charge in [0.15, 0.2) is 0 Å². The summed E-state index contributed by atoms with van der Waals surface area (Å²) in [5.41, 5.74) is -0.334. The molecule has 0 radical (unpaired) electrons. The fraction of sp³-hybridized carbons (Fsp3) is 0.683. The number of Topliss-reactive ketones (excluding diaryl/α,β-unsaturated/α-hetero) is 1. The minimum Gasteiger partial charge on any atom is -0.444 e. The smallest absolute Gasteiger partial charge is 0.408 e. The van der Waals surface area contributed by atoms with Gasteiger partial charge in [0, 0.05) is 33.5 Å². The highest BCUT2D eigenvalue weighted by Gasteiger charge is 2.59. The molecule has 0 aromatic heterocycles. The number of halogens is 2. The summed E-state index contributed by atoms with van der Waals surface area (Å²) in [6.45, 7) is 4.30. The van der Waals surface area contributed by atoms with Gasteiger partial charge in [0.2, 0.25) is 35.3 Å². The van der Waals surface area contributed by atoms with E-state index in [1.54, 1.807) is 51.1 Å². The van der Waals surface area contributed by atoms with Crippen LogP contribution in [0.2, 0.25) is 0 Å². The van der Waals surface area contributed by atoms with Crippen LogP contribution in [-0.4, -0.2) is 108 Å². The number of hydrogen-bond acceptors (Lipinski definition) is 8. The van der Waals surface area contributed by atoms with E-state index in [-0.39, 0.29) is 24.8 Å². The molecule has 1 saturated heterocycles. The molecule has 314 valence electrons. The largest absolute Gasteiger partial charge is 0.444 e. The first-order valence-corrected chi connectivity index (χ1v) is 20.2.